The van der Waals surface area contributed by atoms with Crippen molar-refractivity contribution in [1.82, 2.24) is 10.3 Å². The summed E-state index contributed by atoms with van der Waals surface area (Å²) in [6.45, 7) is 6.40. The minimum atomic E-state index is -0.0437. The Bertz CT molecular complexity index is 539. The summed E-state index contributed by atoms with van der Waals surface area (Å²) >= 11 is 1.76. The molecule has 2 rings (SSSR count). The standard InChI is InChI=1S/C16H22N2OS/c1-4-15-18-12(3)16(20-15)11(2)17-14(10-19)13-8-6-5-7-9-13/h5-9,11,14,17,19H,4,10H2,1-3H3. The van der Waals surface area contributed by atoms with Crippen molar-refractivity contribution < 1.29 is 5.11 Å². The molecule has 1 aromatic heterocycles. The minimum Gasteiger partial charge on any atom is -0.394 e. The van der Waals surface area contributed by atoms with Crippen LogP contribution in [0.4, 0.5) is 0 Å². The number of nitrogens with zero attached hydrogens (tertiary/aromatic N) is 1. The van der Waals surface area contributed by atoms with E-state index in [2.05, 4.69) is 31.1 Å². The van der Waals surface area contributed by atoms with Gasteiger partial charge in [0.05, 0.1) is 23.4 Å². The van der Waals surface area contributed by atoms with Crippen LogP contribution in [0.5, 0.6) is 0 Å². The summed E-state index contributed by atoms with van der Waals surface area (Å²) < 4.78 is 0. The molecule has 0 saturated carbocycles. The molecule has 0 amide bonds. The van der Waals surface area contributed by atoms with Gasteiger partial charge >= 0.3 is 0 Å². The van der Waals surface area contributed by atoms with Crippen LogP contribution in [0.15, 0.2) is 30.3 Å². The van der Waals surface area contributed by atoms with Gasteiger partial charge in [-0.2, -0.15) is 0 Å². The normalized spacial score (nSPS) is 14.2. The fourth-order valence-electron chi connectivity index (χ4n) is 2.34. The van der Waals surface area contributed by atoms with E-state index in [-0.39, 0.29) is 18.7 Å². The van der Waals surface area contributed by atoms with Crippen molar-refractivity contribution in [3.63, 3.8) is 0 Å². The van der Waals surface area contributed by atoms with E-state index in [0.717, 1.165) is 17.7 Å². The Hall–Kier alpha value is -1.23. The van der Waals surface area contributed by atoms with Gasteiger partial charge in [0.1, 0.15) is 0 Å². The van der Waals surface area contributed by atoms with E-state index >= 15 is 0 Å². The summed E-state index contributed by atoms with van der Waals surface area (Å²) in [6, 6.07) is 10.2. The third kappa shape index (κ3) is 3.45. The highest BCUT2D eigenvalue weighted by atomic mass is 32.1. The van der Waals surface area contributed by atoms with Gasteiger partial charge in [-0.05, 0) is 25.8 Å². The van der Waals surface area contributed by atoms with Crippen LogP contribution in [0.25, 0.3) is 0 Å². The maximum Gasteiger partial charge on any atom is 0.0928 e. The zero-order chi connectivity index (χ0) is 14.5. The fourth-order valence-corrected chi connectivity index (χ4v) is 3.35. The first kappa shape index (κ1) is 15.2. The molecule has 2 atom stereocenters. The Kier molecular flexibility index (Phi) is 5.29. The molecule has 0 aliphatic carbocycles. The molecule has 0 spiro atoms. The number of aromatic nitrogens is 1. The van der Waals surface area contributed by atoms with E-state index < -0.39 is 0 Å². The second-order valence-electron chi connectivity index (χ2n) is 4.95. The smallest absolute Gasteiger partial charge is 0.0928 e. The maximum absolute atomic E-state index is 9.62. The summed E-state index contributed by atoms with van der Waals surface area (Å²) in [4.78, 5) is 5.83. The average Bonchev–Trinajstić information content (AvgIpc) is 2.86. The number of thiazole rings is 1. The molecular weight excluding hydrogens is 268 g/mol. The lowest BCUT2D eigenvalue weighted by Gasteiger charge is -2.21. The largest absolute Gasteiger partial charge is 0.394 e. The summed E-state index contributed by atoms with van der Waals surface area (Å²) in [6.07, 6.45) is 0.973. The zero-order valence-corrected chi connectivity index (χ0v) is 13.1. The van der Waals surface area contributed by atoms with Crippen molar-refractivity contribution in [3.8, 4) is 0 Å². The summed E-state index contributed by atoms with van der Waals surface area (Å²) in [5.74, 6) is 0. The van der Waals surface area contributed by atoms with Gasteiger partial charge in [0.25, 0.3) is 0 Å². The van der Waals surface area contributed by atoms with Crippen molar-refractivity contribution in [2.24, 2.45) is 0 Å². The third-order valence-electron chi connectivity index (χ3n) is 3.41. The van der Waals surface area contributed by atoms with Gasteiger partial charge in [-0.3, -0.25) is 0 Å². The van der Waals surface area contributed by atoms with Crippen LogP contribution >= 0.6 is 11.3 Å². The first-order valence-corrected chi connectivity index (χ1v) is 7.85. The number of rotatable bonds is 6. The number of aliphatic hydroxyl groups excluding tert-OH is 1. The summed E-state index contributed by atoms with van der Waals surface area (Å²) in [5.41, 5.74) is 2.20. The molecule has 0 saturated heterocycles. The lowest BCUT2D eigenvalue weighted by molar-refractivity contribution is 0.236. The molecule has 0 radical (unpaired) electrons. The predicted octanol–water partition coefficient (Wildman–Crippen LogP) is 3.40. The van der Waals surface area contributed by atoms with Gasteiger partial charge in [-0.1, -0.05) is 37.3 Å². The van der Waals surface area contributed by atoms with E-state index in [1.807, 2.05) is 30.3 Å². The highest BCUT2D eigenvalue weighted by molar-refractivity contribution is 7.11. The van der Waals surface area contributed by atoms with Gasteiger partial charge in [0.15, 0.2) is 0 Å². The monoisotopic (exact) mass is 290 g/mol. The number of aryl methyl sites for hydroxylation is 2. The summed E-state index contributed by atoms with van der Waals surface area (Å²) in [5, 5.41) is 14.3. The van der Waals surface area contributed by atoms with Crippen LogP contribution in [0, 0.1) is 6.92 Å². The molecular formula is C16H22N2OS. The average molecular weight is 290 g/mol. The first-order valence-electron chi connectivity index (χ1n) is 7.03. The Morgan fingerprint density at radius 2 is 2.00 bits per heavy atom. The van der Waals surface area contributed by atoms with E-state index in [1.165, 1.54) is 9.88 Å². The van der Waals surface area contributed by atoms with E-state index in [9.17, 15) is 5.11 Å². The minimum absolute atomic E-state index is 0.0437. The molecule has 0 fully saturated rings. The molecule has 0 aliphatic rings. The lowest BCUT2D eigenvalue weighted by Crippen LogP contribution is -2.27. The third-order valence-corrected chi connectivity index (χ3v) is 4.89. The molecule has 2 unspecified atom stereocenters. The molecule has 2 aromatic rings. The van der Waals surface area contributed by atoms with Crippen LogP contribution in [-0.4, -0.2) is 16.7 Å². The second-order valence-corrected chi connectivity index (χ2v) is 6.06. The quantitative estimate of drug-likeness (QED) is 0.857. The van der Waals surface area contributed by atoms with Crippen LogP contribution < -0.4 is 5.32 Å². The summed E-state index contributed by atoms with van der Waals surface area (Å²) in [7, 11) is 0. The SMILES string of the molecule is CCc1nc(C)c(C(C)NC(CO)c2ccccc2)s1. The molecule has 2 N–H and O–H groups in total. The van der Waals surface area contributed by atoms with Crippen molar-refractivity contribution in [3.05, 3.63) is 51.5 Å². The fraction of sp³-hybridized carbons (Fsp3) is 0.438. The van der Waals surface area contributed by atoms with Crippen molar-refractivity contribution in [2.75, 3.05) is 6.61 Å². The van der Waals surface area contributed by atoms with Gasteiger partial charge in [0, 0.05) is 10.9 Å². The highest BCUT2D eigenvalue weighted by Gasteiger charge is 2.18. The number of hydrogen-bond donors (Lipinski definition) is 2. The Labute approximate surface area is 124 Å². The van der Waals surface area contributed by atoms with E-state index in [1.54, 1.807) is 11.3 Å². The molecule has 0 bridgehead atoms. The number of nitrogens with one attached hydrogen (secondary N) is 1. The van der Waals surface area contributed by atoms with Gasteiger partial charge in [-0.25, -0.2) is 4.98 Å². The second kappa shape index (κ2) is 6.97. The molecule has 3 nitrogen and oxygen atoms in total. The molecule has 0 aliphatic heterocycles. The van der Waals surface area contributed by atoms with Gasteiger partial charge in [-0.15, -0.1) is 11.3 Å². The predicted molar refractivity (Wildman–Crippen MR) is 84.0 cm³/mol. The molecule has 20 heavy (non-hydrogen) atoms. The number of aliphatic hydroxyl groups is 1. The van der Waals surface area contributed by atoms with Crippen molar-refractivity contribution in [1.29, 1.82) is 0 Å². The first-order chi connectivity index (χ1) is 9.65. The highest BCUT2D eigenvalue weighted by Crippen LogP contribution is 2.27. The van der Waals surface area contributed by atoms with Gasteiger partial charge in [0.2, 0.25) is 0 Å². The Morgan fingerprint density at radius 1 is 1.30 bits per heavy atom. The van der Waals surface area contributed by atoms with Crippen molar-refractivity contribution in [2.45, 2.75) is 39.3 Å². The molecule has 108 valence electrons. The number of hydrogen-bond acceptors (Lipinski definition) is 4. The van der Waals surface area contributed by atoms with Gasteiger partial charge < -0.3 is 10.4 Å². The van der Waals surface area contributed by atoms with Crippen LogP contribution in [0.2, 0.25) is 0 Å². The van der Waals surface area contributed by atoms with Crippen LogP contribution in [0.3, 0.4) is 0 Å². The van der Waals surface area contributed by atoms with E-state index in [4.69, 9.17) is 0 Å². The Morgan fingerprint density at radius 3 is 2.55 bits per heavy atom. The molecule has 1 heterocycles. The van der Waals surface area contributed by atoms with Crippen LogP contribution in [-0.2, 0) is 6.42 Å². The van der Waals surface area contributed by atoms with E-state index in [0.29, 0.717) is 0 Å². The zero-order valence-electron chi connectivity index (χ0n) is 12.3. The Balaban J connectivity index is 2.13. The van der Waals surface area contributed by atoms with Crippen molar-refractivity contribution >= 4 is 11.3 Å². The topological polar surface area (TPSA) is 45.2 Å². The maximum atomic E-state index is 9.62. The molecule has 4 heteroatoms. The lowest BCUT2D eigenvalue weighted by atomic mass is 10.1. The van der Waals surface area contributed by atoms with Crippen LogP contribution in [0.1, 0.15) is 47.1 Å². The molecule has 1 aromatic carbocycles. The number of benzene rings is 1.